The third kappa shape index (κ3) is 4.07. The van der Waals surface area contributed by atoms with Crippen LogP contribution in [0.15, 0.2) is 18.2 Å². The minimum absolute atomic E-state index is 0.107. The minimum atomic E-state index is -0.596. The van der Waals surface area contributed by atoms with Crippen LogP contribution in [0.2, 0.25) is 0 Å². The maximum absolute atomic E-state index is 12.1. The summed E-state index contributed by atoms with van der Waals surface area (Å²) in [6.07, 6.45) is 0. The van der Waals surface area contributed by atoms with Crippen molar-refractivity contribution in [3.8, 4) is 5.75 Å². The molecule has 1 heterocycles. The van der Waals surface area contributed by atoms with Crippen LogP contribution in [0.1, 0.15) is 41.5 Å². The van der Waals surface area contributed by atoms with Crippen molar-refractivity contribution in [1.29, 1.82) is 0 Å². The fourth-order valence-corrected chi connectivity index (χ4v) is 2.48. The maximum Gasteiger partial charge on any atom is 0.316 e. The highest BCUT2D eigenvalue weighted by Gasteiger charge is 2.26. The summed E-state index contributed by atoms with van der Waals surface area (Å²) in [5.74, 6) is -0.0157. The number of ether oxygens (including phenoxy) is 1. The van der Waals surface area contributed by atoms with Gasteiger partial charge in [-0.2, -0.15) is 0 Å². The summed E-state index contributed by atoms with van der Waals surface area (Å²) in [6, 6.07) is 5.40. The Morgan fingerprint density at radius 2 is 1.74 bits per heavy atom. The number of amides is 1. The van der Waals surface area contributed by atoms with Gasteiger partial charge in [0.25, 0.3) is 0 Å². The smallest absolute Gasteiger partial charge is 0.316 e. The van der Waals surface area contributed by atoms with Gasteiger partial charge < -0.3 is 10.1 Å². The summed E-state index contributed by atoms with van der Waals surface area (Å²) in [7, 11) is 0. The molecule has 0 unspecified atom stereocenters. The predicted octanol–water partition coefficient (Wildman–Crippen LogP) is 4.23. The third-order valence-corrected chi connectivity index (χ3v) is 4.03. The first-order valence-electron chi connectivity index (χ1n) is 7.42. The van der Waals surface area contributed by atoms with Crippen LogP contribution < -0.4 is 10.1 Å². The molecule has 124 valence electrons. The number of aromatic nitrogens is 1. The van der Waals surface area contributed by atoms with Gasteiger partial charge in [-0.25, -0.2) is 4.98 Å². The Morgan fingerprint density at radius 3 is 2.30 bits per heavy atom. The Labute approximate surface area is 140 Å². The van der Waals surface area contributed by atoms with Gasteiger partial charge in [0.2, 0.25) is 5.91 Å². The molecular weight excluding hydrogens is 312 g/mol. The lowest BCUT2D eigenvalue weighted by atomic mass is 9.96. The number of thiazole rings is 1. The molecule has 0 bridgehead atoms. The summed E-state index contributed by atoms with van der Waals surface area (Å²) in [5.41, 5.74) is -0.514. The van der Waals surface area contributed by atoms with E-state index in [1.54, 1.807) is 32.9 Å². The van der Waals surface area contributed by atoms with Gasteiger partial charge in [-0.05, 0) is 32.9 Å². The normalized spacial score (nSPS) is 12.3. The molecule has 0 aliphatic heterocycles. The quantitative estimate of drug-likeness (QED) is 0.659. The maximum atomic E-state index is 12.1. The molecule has 0 saturated heterocycles. The number of carbonyl (C=O) groups excluding carboxylic acids is 2. The Morgan fingerprint density at radius 1 is 1.09 bits per heavy atom. The van der Waals surface area contributed by atoms with Crippen molar-refractivity contribution in [2.45, 2.75) is 41.5 Å². The fraction of sp³-hybridized carbons (Fsp3) is 0.471. The van der Waals surface area contributed by atoms with Crippen molar-refractivity contribution in [2.75, 3.05) is 5.32 Å². The minimum Gasteiger partial charge on any atom is -0.424 e. The molecule has 2 rings (SSSR count). The molecule has 5 nitrogen and oxygen atoms in total. The van der Waals surface area contributed by atoms with E-state index in [1.165, 1.54) is 11.3 Å². The van der Waals surface area contributed by atoms with E-state index in [1.807, 2.05) is 26.8 Å². The number of nitrogens with one attached hydrogen (secondary N) is 1. The molecule has 6 heteroatoms. The SMILES string of the molecule is CC(C)(C)C(=O)Nc1nc2c(OC(=O)C(C)(C)C)cccc2s1. The van der Waals surface area contributed by atoms with Gasteiger partial charge in [0.1, 0.15) is 5.52 Å². The van der Waals surface area contributed by atoms with Gasteiger partial charge in [-0.3, -0.25) is 9.59 Å². The number of hydrogen-bond acceptors (Lipinski definition) is 5. The van der Waals surface area contributed by atoms with Crippen molar-refractivity contribution >= 4 is 38.6 Å². The molecule has 0 spiro atoms. The van der Waals surface area contributed by atoms with Gasteiger partial charge in [-0.1, -0.05) is 38.2 Å². The largest absolute Gasteiger partial charge is 0.424 e. The van der Waals surface area contributed by atoms with E-state index >= 15 is 0 Å². The molecule has 0 aliphatic carbocycles. The van der Waals surface area contributed by atoms with Crippen LogP contribution in [0.25, 0.3) is 10.2 Å². The van der Waals surface area contributed by atoms with Crippen LogP contribution in [-0.2, 0) is 9.59 Å². The van der Waals surface area contributed by atoms with Crippen LogP contribution in [0.3, 0.4) is 0 Å². The summed E-state index contributed by atoms with van der Waals surface area (Å²) >= 11 is 1.36. The lowest BCUT2D eigenvalue weighted by Gasteiger charge is -2.16. The summed E-state index contributed by atoms with van der Waals surface area (Å²) in [4.78, 5) is 28.6. The van der Waals surface area contributed by atoms with Crippen LogP contribution in [0.5, 0.6) is 5.75 Å². The van der Waals surface area contributed by atoms with Crippen LogP contribution in [-0.4, -0.2) is 16.9 Å². The second-order valence-corrected chi connectivity index (χ2v) is 8.50. The zero-order chi connectivity index (χ0) is 17.4. The van der Waals surface area contributed by atoms with E-state index in [0.29, 0.717) is 16.4 Å². The second kappa shape index (κ2) is 5.92. The van der Waals surface area contributed by atoms with Gasteiger partial charge >= 0.3 is 5.97 Å². The highest BCUT2D eigenvalue weighted by atomic mass is 32.1. The number of esters is 1. The van der Waals surface area contributed by atoms with Crippen molar-refractivity contribution in [1.82, 2.24) is 4.98 Å². The molecule has 1 amide bonds. The van der Waals surface area contributed by atoms with Crippen molar-refractivity contribution in [3.05, 3.63) is 18.2 Å². The molecular formula is C17H22N2O3S. The van der Waals surface area contributed by atoms with Gasteiger partial charge in [0.15, 0.2) is 10.9 Å². The van der Waals surface area contributed by atoms with Crippen LogP contribution >= 0.6 is 11.3 Å². The fourth-order valence-electron chi connectivity index (χ4n) is 1.60. The molecule has 1 N–H and O–H groups in total. The topological polar surface area (TPSA) is 68.3 Å². The van der Waals surface area contributed by atoms with Gasteiger partial charge in [0.05, 0.1) is 10.1 Å². The highest BCUT2D eigenvalue weighted by Crippen LogP contribution is 2.34. The number of nitrogens with zero attached hydrogens (tertiary/aromatic N) is 1. The van der Waals surface area contributed by atoms with Crippen molar-refractivity contribution in [3.63, 3.8) is 0 Å². The molecule has 0 radical (unpaired) electrons. The van der Waals surface area contributed by atoms with E-state index in [4.69, 9.17) is 4.74 Å². The predicted molar refractivity (Wildman–Crippen MR) is 92.8 cm³/mol. The van der Waals surface area contributed by atoms with Crippen LogP contribution in [0, 0.1) is 10.8 Å². The molecule has 1 aromatic carbocycles. The van der Waals surface area contributed by atoms with Crippen molar-refractivity contribution in [2.24, 2.45) is 10.8 Å². The number of hydrogen-bond donors (Lipinski definition) is 1. The second-order valence-electron chi connectivity index (χ2n) is 7.47. The average Bonchev–Trinajstić information content (AvgIpc) is 2.79. The van der Waals surface area contributed by atoms with E-state index in [0.717, 1.165) is 4.70 Å². The number of benzene rings is 1. The van der Waals surface area contributed by atoms with E-state index < -0.39 is 10.8 Å². The number of carbonyl (C=O) groups is 2. The Bertz CT molecular complexity index is 751. The molecule has 0 fully saturated rings. The lowest BCUT2D eigenvalue weighted by molar-refractivity contribution is -0.142. The first kappa shape index (κ1) is 17.4. The number of para-hydroxylation sites is 1. The van der Waals surface area contributed by atoms with E-state index in [9.17, 15) is 9.59 Å². The first-order valence-corrected chi connectivity index (χ1v) is 8.23. The van der Waals surface area contributed by atoms with Crippen LogP contribution in [0.4, 0.5) is 5.13 Å². The van der Waals surface area contributed by atoms with Crippen molar-refractivity contribution < 1.29 is 14.3 Å². The first-order chi connectivity index (χ1) is 10.5. The standard InChI is InChI=1S/C17H22N2O3S/c1-16(2,3)13(20)19-15-18-12-10(8-7-9-11(12)23-15)22-14(21)17(4,5)6/h7-9H,1-6H3,(H,18,19,20). The summed E-state index contributed by atoms with van der Waals surface area (Å²) in [5, 5.41) is 3.31. The summed E-state index contributed by atoms with van der Waals surface area (Å²) < 4.78 is 6.33. The van der Waals surface area contributed by atoms with E-state index in [-0.39, 0.29) is 11.9 Å². The third-order valence-electron chi connectivity index (χ3n) is 3.10. The van der Waals surface area contributed by atoms with Gasteiger partial charge in [-0.15, -0.1) is 0 Å². The highest BCUT2D eigenvalue weighted by molar-refractivity contribution is 7.22. The Hall–Kier alpha value is -1.95. The number of rotatable bonds is 2. The van der Waals surface area contributed by atoms with E-state index in [2.05, 4.69) is 10.3 Å². The number of fused-ring (bicyclic) bond motifs is 1. The Balaban J connectivity index is 2.32. The summed E-state index contributed by atoms with van der Waals surface area (Å²) in [6.45, 7) is 10.9. The molecule has 23 heavy (non-hydrogen) atoms. The average molecular weight is 334 g/mol. The molecule has 2 aromatic rings. The number of anilines is 1. The molecule has 0 saturated carbocycles. The monoisotopic (exact) mass is 334 g/mol. The molecule has 0 aliphatic rings. The Kier molecular flexibility index (Phi) is 4.48. The molecule has 1 aromatic heterocycles. The van der Waals surface area contributed by atoms with Gasteiger partial charge in [0, 0.05) is 5.41 Å². The lowest BCUT2D eigenvalue weighted by Crippen LogP contribution is -2.27. The zero-order valence-corrected chi connectivity index (χ0v) is 15.1. The zero-order valence-electron chi connectivity index (χ0n) is 14.3. The molecule has 0 atom stereocenters.